The molecule has 9 heteroatoms. The Balaban J connectivity index is 1.54. The van der Waals surface area contributed by atoms with Crippen LogP contribution in [0.5, 0.6) is 11.5 Å². The molecular formula is C22H27ClN2O5S. The van der Waals surface area contributed by atoms with Crippen molar-refractivity contribution in [1.82, 2.24) is 9.62 Å². The van der Waals surface area contributed by atoms with E-state index >= 15 is 0 Å². The zero-order valence-corrected chi connectivity index (χ0v) is 19.2. The molecular weight excluding hydrogens is 440 g/mol. The molecule has 0 aliphatic carbocycles. The Hall–Kier alpha value is -2.29. The van der Waals surface area contributed by atoms with Gasteiger partial charge in [0.15, 0.2) is 11.5 Å². The Morgan fingerprint density at radius 3 is 2.35 bits per heavy atom. The van der Waals surface area contributed by atoms with Gasteiger partial charge in [0.25, 0.3) is 0 Å². The summed E-state index contributed by atoms with van der Waals surface area (Å²) in [6.45, 7) is 5.01. The second-order valence-electron chi connectivity index (χ2n) is 7.32. The van der Waals surface area contributed by atoms with Gasteiger partial charge in [-0.05, 0) is 50.2 Å². The highest BCUT2D eigenvalue weighted by Gasteiger charge is 2.29. The zero-order valence-electron chi connectivity index (χ0n) is 17.6. The molecule has 2 aromatic rings. The van der Waals surface area contributed by atoms with Crippen LogP contribution in [0.1, 0.15) is 26.7 Å². The molecule has 1 aliphatic heterocycles. The van der Waals surface area contributed by atoms with E-state index in [0.717, 1.165) is 0 Å². The molecule has 1 amide bonds. The molecule has 1 atom stereocenters. The van der Waals surface area contributed by atoms with Gasteiger partial charge in [-0.15, -0.1) is 0 Å². The number of piperidine rings is 1. The molecule has 0 spiro atoms. The quantitative estimate of drug-likeness (QED) is 0.643. The number of nitrogens with one attached hydrogen (secondary N) is 1. The van der Waals surface area contributed by atoms with Gasteiger partial charge >= 0.3 is 0 Å². The molecule has 1 fully saturated rings. The minimum absolute atomic E-state index is 0.0354. The van der Waals surface area contributed by atoms with Crippen molar-refractivity contribution >= 4 is 27.5 Å². The van der Waals surface area contributed by atoms with Gasteiger partial charge < -0.3 is 14.4 Å². The highest BCUT2D eigenvalue weighted by atomic mass is 35.5. The minimum atomic E-state index is -3.82. The summed E-state index contributed by atoms with van der Waals surface area (Å²) >= 11 is 5.81. The summed E-state index contributed by atoms with van der Waals surface area (Å²) in [5, 5.41) is 0.442. The fraction of sp³-hybridized carbons (Fsp3) is 0.409. The third-order valence-electron chi connectivity index (χ3n) is 5.02. The first-order chi connectivity index (χ1) is 14.8. The molecule has 0 aromatic heterocycles. The van der Waals surface area contributed by atoms with Crippen LogP contribution in [-0.4, -0.2) is 51.1 Å². The first kappa shape index (κ1) is 23.4. The van der Waals surface area contributed by atoms with E-state index < -0.39 is 16.1 Å². The number of amides is 1. The number of likely N-dealkylation sites (tertiary alicyclic amines) is 1. The van der Waals surface area contributed by atoms with Crippen LogP contribution in [0.3, 0.4) is 0 Å². The first-order valence-electron chi connectivity index (χ1n) is 10.3. The molecule has 0 bridgehead atoms. The largest absolute Gasteiger partial charge is 0.490 e. The summed E-state index contributed by atoms with van der Waals surface area (Å²) in [6.07, 6.45) is 1.28. The topological polar surface area (TPSA) is 84.9 Å². The lowest BCUT2D eigenvalue weighted by Gasteiger charge is -2.34. The molecule has 0 unspecified atom stereocenters. The number of sulfonamides is 1. The normalized spacial score (nSPS) is 16.0. The van der Waals surface area contributed by atoms with Crippen LogP contribution in [0.15, 0.2) is 53.4 Å². The van der Waals surface area contributed by atoms with Gasteiger partial charge in [0.1, 0.15) is 6.10 Å². The summed E-state index contributed by atoms with van der Waals surface area (Å²) in [7, 11) is -3.82. The lowest BCUT2D eigenvalue weighted by molar-refractivity contribution is -0.134. The van der Waals surface area contributed by atoms with Crippen molar-refractivity contribution in [3.05, 3.63) is 53.6 Å². The van der Waals surface area contributed by atoms with Crippen LogP contribution >= 0.6 is 11.6 Å². The summed E-state index contributed by atoms with van der Waals surface area (Å²) in [6, 6.07) is 12.5. The third kappa shape index (κ3) is 6.12. The number of ether oxygens (including phenoxy) is 2. The average molecular weight is 467 g/mol. The average Bonchev–Trinajstić information content (AvgIpc) is 2.75. The number of para-hydroxylation sites is 2. The number of rotatable bonds is 8. The standard InChI is InChI=1S/C22H27ClN2O5S/c1-3-29-20-6-4-5-7-21(20)30-18-12-14-25(15-13-18)22(26)16(2)24-31(27,28)19-10-8-17(23)9-11-19/h4-11,16,18,24H,3,12-15H2,1-2H3/t16-/m0/s1. The van der Waals surface area contributed by atoms with Crippen molar-refractivity contribution in [1.29, 1.82) is 0 Å². The van der Waals surface area contributed by atoms with Gasteiger partial charge in [0.2, 0.25) is 15.9 Å². The fourth-order valence-corrected chi connectivity index (χ4v) is 4.76. The van der Waals surface area contributed by atoms with Gasteiger partial charge in [-0.1, -0.05) is 23.7 Å². The Morgan fingerprint density at radius 1 is 1.13 bits per heavy atom. The number of hydrogen-bond acceptors (Lipinski definition) is 5. The van der Waals surface area contributed by atoms with Crippen molar-refractivity contribution in [3.8, 4) is 11.5 Å². The molecule has 2 aromatic carbocycles. The predicted molar refractivity (Wildman–Crippen MR) is 119 cm³/mol. The van der Waals surface area contributed by atoms with Gasteiger partial charge in [-0.25, -0.2) is 8.42 Å². The van der Waals surface area contributed by atoms with E-state index in [0.29, 0.717) is 49.1 Å². The number of benzene rings is 2. The van der Waals surface area contributed by atoms with Gasteiger partial charge in [-0.2, -0.15) is 4.72 Å². The molecule has 0 radical (unpaired) electrons. The third-order valence-corrected chi connectivity index (χ3v) is 6.83. The smallest absolute Gasteiger partial charge is 0.241 e. The zero-order chi connectivity index (χ0) is 22.4. The van der Waals surface area contributed by atoms with Gasteiger partial charge in [-0.3, -0.25) is 4.79 Å². The molecule has 1 N–H and O–H groups in total. The van der Waals surface area contributed by atoms with Crippen molar-refractivity contribution in [2.24, 2.45) is 0 Å². The maximum absolute atomic E-state index is 12.8. The fourth-order valence-electron chi connectivity index (χ4n) is 3.43. The number of carbonyl (C=O) groups excluding carboxylic acids is 1. The van der Waals surface area contributed by atoms with E-state index in [9.17, 15) is 13.2 Å². The van der Waals surface area contributed by atoms with Crippen LogP contribution in [0.4, 0.5) is 0 Å². The number of carbonyl (C=O) groups is 1. The Labute approximate surface area is 188 Å². The van der Waals surface area contributed by atoms with Crippen LogP contribution in [0, 0.1) is 0 Å². The second-order valence-corrected chi connectivity index (χ2v) is 9.47. The highest BCUT2D eigenvalue weighted by molar-refractivity contribution is 7.89. The van der Waals surface area contributed by atoms with E-state index in [4.69, 9.17) is 21.1 Å². The highest BCUT2D eigenvalue weighted by Crippen LogP contribution is 2.29. The van der Waals surface area contributed by atoms with E-state index in [1.54, 1.807) is 11.8 Å². The summed E-state index contributed by atoms with van der Waals surface area (Å²) < 4.78 is 39.2. The lowest BCUT2D eigenvalue weighted by atomic mass is 10.1. The van der Waals surface area contributed by atoms with Gasteiger partial charge in [0.05, 0.1) is 17.5 Å². The minimum Gasteiger partial charge on any atom is -0.490 e. The summed E-state index contributed by atoms with van der Waals surface area (Å²) in [4.78, 5) is 14.5. The Morgan fingerprint density at radius 2 is 1.74 bits per heavy atom. The van der Waals surface area contributed by atoms with Crippen LogP contribution in [0.2, 0.25) is 5.02 Å². The molecule has 1 saturated heterocycles. The summed E-state index contributed by atoms with van der Waals surface area (Å²) in [5.74, 6) is 1.14. The monoisotopic (exact) mass is 466 g/mol. The van der Waals surface area contributed by atoms with Crippen LogP contribution < -0.4 is 14.2 Å². The molecule has 1 heterocycles. The van der Waals surface area contributed by atoms with Crippen molar-refractivity contribution in [2.45, 2.75) is 43.7 Å². The number of halogens is 1. The maximum Gasteiger partial charge on any atom is 0.241 e. The number of nitrogens with zero attached hydrogens (tertiary/aromatic N) is 1. The first-order valence-corrected chi connectivity index (χ1v) is 12.1. The van der Waals surface area contributed by atoms with E-state index in [-0.39, 0.29) is 16.9 Å². The number of hydrogen-bond donors (Lipinski definition) is 1. The van der Waals surface area contributed by atoms with Crippen LogP contribution in [-0.2, 0) is 14.8 Å². The van der Waals surface area contributed by atoms with Crippen molar-refractivity contribution in [2.75, 3.05) is 19.7 Å². The van der Waals surface area contributed by atoms with Crippen molar-refractivity contribution in [3.63, 3.8) is 0 Å². The molecule has 31 heavy (non-hydrogen) atoms. The van der Waals surface area contributed by atoms with Crippen molar-refractivity contribution < 1.29 is 22.7 Å². The van der Waals surface area contributed by atoms with E-state index in [2.05, 4.69) is 4.72 Å². The molecule has 0 saturated carbocycles. The second kappa shape index (κ2) is 10.3. The van der Waals surface area contributed by atoms with Crippen LogP contribution in [0.25, 0.3) is 0 Å². The molecule has 1 aliphatic rings. The van der Waals surface area contributed by atoms with Gasteiger partial charge in [0, 0.05) is 31.0 Å². The molecule has 168 valence electrons. The Kier molecular flexibility index (Phi) is 7.80. The lowest BCUT2D eigenvalue weighted by Crippen LogP contribution is -2.50. The Bertz CT molecular complexity index is 989. The maximum atomic E-state index is 12.8. The molecule has 7 nitrogen and oxygen atoms in total. The summed E-state index contributed by atoms with van der Waals surface area (Å²) in [5.41, 5.74) is 0. The van der Waals surface area contributed by atoms with E-state index in [1.807, 2.05) is 31.2 Å². The molecule has 3 rings (SSSR count). The van der Waals surface area contributed by atoms with E-state index in [1.165, 1.54) is 24.3 Å². The predicted octanol–water partition coefficient (Wildman–Crippen LogP) is 3.48. The SMILES string of the molecule is CCOc1ccccc1OC1CCN(C(=O)[C@H](C)NS(=O)(=O)c2ccc(Cl)cc2)CC1.